The molecule has 3 rings (SSSR count). The van der Waals surface area contributed by atoms with Gasteiger partial charge in [-0.3, -0.25) is 4.79 Å². The van der Waals surface area contributed by atoms with Gasteiger partial charge in [-0.15, -0.1) is 22.7 Å². The molecule has 0 aliphatic heterocycles. The van der Waals surface area contributed by atoms with Crippen LogP contribution in [0.15, 0.2) is 58.3 Å². The van der Waals surface area contributed by atoms with Crippen molar-refractivity contribution in [2.75, 3.05) is 6.26 Å². The molecule has 1 unspecified atom stereocenters. The van der Waals surface area contributed by atoms with Gasteiger partial charge < -0.3 is 5.32 Å². The summed E-state index contributed by atoms with van der Waals surface area (Å²) < 4.78 is 23.0. The molecule has 136 valence electrons. The van der Waals surface area contributed by atoms with Gasteiger partial charge in [-0.1, -0.05) is 18.2 Å². The van der Waals surface area contributed by atoms with Crippen molar-refractivity contribution in [2.24, 2.45) is 0 Å². The Morgan fingerprint density at radius 3 is 2.50 bits per heavy atom. The lowest BCUT2D eigenvalue weighted by Crippen LogP contribution is -2.31. The van der Waals surface area contributed by atoms with Gasteiger partial charge in [0.25, 0.3) is 0 Å². The largest absolute Gasteiger partial charge is 0.346 e. The summed E-state index contributed by atoms with van der Waals surface area (Å²) in [5.74, 6) is -0.117. The number of carbonyl (C=O) groups is 1. The minimum atomic E-state index is -3.23. The number of rotatable bonds is 7. The smallest absolute Gasteiger partial charge is 0.224 e. The second kappa shape index (κ2) is 8.11. The van der Waals surface area contributed by atoms with Gasteiger partial charge in [-0.05, 0) is 29.1 Å². The molecule has 26 heavy (non-hydrogen) atoms. The molecule has 8 heteroatoms. The van der Waals surface area contributed by atoms with Crippen LogP contribution in [0.1, 0.15) is 21.5 Å². The first kappa shape index (κ1) is 18.8. The average Bonchev–Trinajstić information content (AvgIpc) is 3.27. The Labute approximate surface area is 160 Å². The zero-order chi connectivity index (χ0) is 18.6. The van der Waals surface area contributed by atoms with Gasteiger partial charge >= 0.3 is 0 Å². The van der Waals surface area contributed by atoms with E-state index in [0.717, 1.165) is 16.8 Å². The molecule has 1 aromatic carbocycles. The Morgan fingerprint density at radius 1 is 1.15 bits per heavy atom. The van der Waals surface area contributed by atoms with Gasteiger partial charge in [0.15, 0.2) is 9.84 Å². The first-order valence-electron chi connectivity index (χ1n) is 7.92. The highest BCUT2D eigenvalue weighted by atomic mass is 32.2. The van der Waals surface area contributed by atoms with Gasteiger partial charge in [0.2, 0.25) is 5.91 Å². The molecule has 1 atom stereocenters. The van der Waals surface area contributed by atoms with Crippen LogP contribution in [0.2, 0.25) is 0 Å². The molecule has 3 aromatic rings. The predicted octanol–water partition coefficient (Wildman–Crippen LogP) is 3.25. The molecule has 0 fully saturated rings. The monoisotopic (exact) mass is 406 g/mol. The summed E-state index contributed by atoms with van der Waals surface area (Å²) in [6, 6.07) is 10.3. The Hall–Kier alpha value is -2.03. The Balaban J connectivity index is 1.68. The van der Waals surface area contributed by atoms with E-state index in [9.17, 15) is 13.2 Å². The van der Waals surface area contributed by atoms with Gasteiger partial charge in [0.1, 0.15) is 5.01 Å². The quantitative estimate of drug-likeness (QED) is 0.653. The highest BCUT2D eigenvalue weighted by Crippen LogP contribution is 2.23. The number of carbonyl (C=O) groups excluding carboxylic acids is 1. The van der Waals surface area contributed by atoms with Gasteiger partial charge in [-0.2, -0.15) is 0 Å². The van der Waals surface area contributed by atoms with Crippen molar-refractivity contribution in [1.82, 2.24) is 10.3 Å². The Morgan fingerprint density at radius 2 is 1.92 bits per heavy atom. The number of thiazole rings is 1. The molecule has 1 amide bonds. The van der Waals surface area contributed by atoms with Crippen LogP contribution in [0.4, 0.5) is 0 Å². The molecule has 0 aliphatic rings. The summed E-state index contributed by atoms with van der Waals surface area (Å²) in [5, 5.41) is 7.83. The van der Waals surface area contributed by atoms with E-state index < -0.39 is 9.84 Å². The van der Waals surface area contributed by atoms with Crippen molar-refractivity contribution in [3.05, 3.63) is 68.8 Å². The summed E-state index contributed by atoms with van der Waals surface area (Å²) in [5.41, 5.74) is 0.768. The summed E-state index contributed by atoms with van der Waals surface area (Å²) >= 11 is 3.17. The third-order valence-corrected chi connectivity index (χ3v) is 6.70. The maximum absolute atomic E-state index is 12.5. The van der Waals surface area contributed by atoms with Crippen LogP contribution < -0.4 is 5.32 Å². The molecule has 0 saturated carbocycles. The van der Waals surface area contributed by atoms with Gasteiger partial charge in [0, 0.05) is 29.1 Å². The molecule has 2 aromatic heterocycles. The maximum Gasteiger partial charge on any atom is 0.224 e. The van der Waals surface area contributed by atoms with Crippen LogP contribution in [-0.4, -0.2) is 25.6 Å². The van der Waals surface area contributed by atoms with Crippen LogP contribution in [0.25, 0.3) is 0 Å². The minimum absolute atomic E-state index is 0.117. The number of thiophene rings is 1. The van der Waals surface area contributed by atoms with Crippen molar-refractivity contribution in [3.63, 3.8) is 0 Å². The fraction of sp³-hybridized carbons (Fsp3) is 0.222. The zero-order valence-corrected chi connectivity index (χ0v) is 16.5. The second-order valence-electron chi connectivity index (χ2n) is 5.87. The van der Waals surface area contributed by atoms with E-state index in [2.05, 4.69) is 10.3 Å². The lowest BCUT2D eigenvalue weighted by Gasteiger charge is -2.16. The SMILES string of the molecule is CS(=O)(=O)c1ccc(CC(=O)NC(Cc2cccs2)c2nccs2)cc1. The van der Waals surface area contributed by atoms with Gasteiger partial charge in [0.05, 0.1) is 17.4 Å². The molecule has 2 heterocycles. The Bertz CT molecular complexity index is 948. The van der Waals surface area contributed by atoms with Crippen molar-refractivity contribution in [2.45, 2.75) is 23.8 Å². The van der Waals surface area contributed by atoms with Crippen LogP contribution >= 0.6 is 22.7 Å². The molecule has 1 N–H and O–H groups in total. The van der Waals surface area contributed by atoms with Crippen molar-refractivity contribution < 1.29 is 13.2 Å². The van der Waals surface area contributed by atoms with E-state index in [1.54, 1.807) is 29.7 Å². The van der Waals surface area contributed by atoms with E-state index in [1.807, 2.05) is 22.9 Å². The van der Waals surface area contributed by atoms with E-state index in [-0.39, 0.29) is 23.3 Å². The number of nitrogens with one attached hydrogen (secondary N) is 1. The summed E-state index contributed by atoms with van der Waals surface area (Å²) in [6.07, 6.45) is 3.79. The zero-order valence-electron chi connectivity index (χ0n) is 14.1. The van der Waals surface area contributed by atoms with Crippen molar-refractivity contribution in [3.8, 4) is 0 Å². The fourth-order valence-corrected chi connectivity index (χ4v) is 4.59. The molecule has 0 spiro atoms. The number of hydrogen-bond acceptors (Lipinski definition) is 6. The molecule has 0 bridgehead atoms. The first-order valence-corrected chi connectivity index (χ1v) is 11.6. The lowest BCUT2D eigenvalue weighted by molar-refractivity contribution is -0.121. The second-order valence-corrected chi connectivity index (χ2v) is 9.84. The van der Waals surface area contributed by atoms with E-state index in [0.29, 0.717) is 6.42 Å². The third kappa shape index (κ3) is 5.00. The van der Waals surface area contributed by atoms with Gasteiger partial charge in [-0.25, -0.2) is 13.4 Å². The highest BCUT2D eigenvalue weighted by Gasteiger charge is 2.18. The number of amides is 1. The van der Waals surface area contributed by atoms with Crippen LogP contribution in [0.3, 0.4) is 0 Å². The van der Waals surface area contributed by atoms with Crippen molar-refractivity contribution in [1.29, 1.82) is 0 Å². The standard InChI is InChI=1S/C18H18N2O3S3/c1-26(22,23)15-6-4-13(5-7-15)11-17(21)20-16(18-19-8-10-25-18)12-14-3-2-9-24-14/h2-10,16H,11-12H2,1H3,(H,20,21). The highest BCUT2D eigenvalue weighted by molar-refractivity contribution is 7.90. The number of sulfone groups is 1. The van der Waals surface area contributed by atoms with E-state index >= 15 is 0 Å². The number of nitrogens with zero attached hydrogens (tertiary/aromatic N) is 1. The lowest BCUT2D eigenvalue weighted by atomic mass is 10.1. The maximum atomic E-state index is 12.5. The number of hydrogen-bond donors (Lipinski definition) is 1. The van der Waals surface area contributed by atoms with E-state index in [4.69, 9.17) is 0 Å². The molecule has 0 radical (unpaired) electrons. The van der Waals surface area contributed by atoms with E-state index in [1.165, 1.54) is 28.3 Å². The van der Waals surface area contributed by atoms with Crippen LogP contribution in [0, 0.1) is 0 Å². The first-order chi connectivity index (χ1) is 12.4. The molecular weight excluding hydrogens is 388 g/mol. The van der Waals surface area contributed by atoms with Crippen LogP contribution in [0.5, 0.6) is 0 Å². The average molecular weight is 407 g/mol. The predicted molar refractivity (Wildman–Crippen MR) is 104 cm³/mol. The van der Waals surface area contributed by atoms with Crippen LogP contribution in [-0.2, 0) is 27.5 Å². The Kier molecular flexibility index (Phi) is 5.85. The number of aromatic nitrogens is 1. The topological polar surface area (TPSA) is 76.1 Å². The fourth-order valence-electron chi connectivity index (χ4n) is 2.52. The normalized spacial score (nSPS) is 12.7. The summed E-state index contributed by atoms with van der Waals surface area (Å²) in [4.78, 5) is 18.3. The third-order valence-electron chi connectivity index (χ3n) is 3.79. The molecule has 0 aliphatic carbocycles. The minimum Gasteiger partial charge on any atom is -0.346 e. The number of benzene rings is 1. The molecule has 5 nitrogen and oxygen atoms in total. The molecule has 0 saturated heterocycles. The summed E-state index contributed by atoms with van der Waals surface area (Å²) in [6.45, 7) is 0. The summed E-state index contributed by atoms with van der Waals surface area (Å²) in [7, 11) is -3.23. The van der Waals surface area contributed by atoms with Crippen molar-refractivity contribution >= 4 is 38.4 Å². The molecular formula is C18H18N2O3S3.